The zero-order valence-electron chi connectivity index (χ0n) is 11.2. The summed E-state index contributed by atoms with van der Waals surface area (Å²) in [5, 5.41) is 5.77. The molecule has 1 aliphatic heterocycles. The summed E-state index contributed by atoms with van der Waals surface area (Å²) in [5.74, 6) is 1.57. The maximum absolute atomic E-state index is 11.9. The van der Waals surface area contributed by atoms with Gasteiger partial charge in [0.1, 0.15) is 11.5 Å². The van der Waals surface area contributed by atoms with Crippen molar-refractivity contribution in [3.05, 3.63) is 59.7 Å². The average molecular weight is 268 g/mol. The molecule has 2 aromatic carbocycles. The smallest absolute Gasteiger partial charge is 0.315 e. The Labute approximate surface area is 117 Å². The Hall–Kier alpha value is -2.49. The fourth-order valence-electron chi connectivity index (χ4n) is 2.41. The van der Waals surface area contributed by atoms with Crippen LogP contribution < -0.4 is 15.4 Å². The van der Waals surface area contributed by atoms with Crippen LogP contribution in [0.2, 0.25) is 0 Å². The lowest BCUT2D eigenvalue weighted by Gasteiger charge is -2.28. The molecule has 0 atom stereocenters. The van der Waals surface area contributed by atoms with Crippen molar-refractivity contribution in [1.82, 2.24) is 10.6 Å². The van der Waals surface area contributed by atoms with E-state index >= 15 is 0 Å². The van der Waals surface area contributed by atoms with E-state index in [0.717, 1.165) is 22.6 Å². The molecule has 2 aromatic rings. The van der Waals surface area contributed by atoms with Gasteiger partial charge in [-0.3, -0.25) is 0 Å². The number of fused-ring (bicyclic) bond motifs is 2. The van der Waals surface area contributed by atoms with Crippen LogP contribution >= 0.6 is 0 Å². The van der Waals surface area contributed by atoms with E-state index in [4.69, 9.17) is 4.74 Å². The maximum Gasteiger partial charge on any atom is 0.315 e. The first-order valence-corrected chi connectivity index (χ1v) is 6.69. The highest BCUT2D eigenvalue weighted by atomic mass is 16.5. The first-order valence-electron chi connectivity index (χ1n) is 6.69. The number of ether oxygens (including phenoxy) is 1. The minimum Gasteiger partial charge on any atom is -0.457 e. The predicted molar refractivity (Wildman–Crippen MR) is 77.0 cm³/mol. The van der Waals surface area contributed by atoms with Crippen LogP contribution in [-0.2, 0) is 0 Å². The van der Waals surface area contributed by atoms with Crippen LogP contribution in [0, 0.1) is 0 Å². The van der Waals surface area contributed by atoms with Gasteiger partial charge in [-0.25, -0.2) is 4.79 Å². The van der Waals surface area contributed by atoms with Crippen LogP contribution in [0.15, 0.2) is 48.5 Å². The SMILES string of the molecule is CCNC(=O)NC1c2ccccc2Oc2ccccc21. The third-order valence-electron chi connectivity index (χ3n) is 3.29. The third-order valence-corrected chi connectivity index (χ3v) is 3.29. The zero-order valence-corrected chi connectivity index (χ0v) is 11.2. The van der Waals surface area contributed by atoms with Crippen LogP contribution in [0.4, 0.5) is 4.79 Å². The third kappa shape index (κ3) is 2.20. The highest BCUT2D eigenvalue weighted by molar-refractivity contribution is 5.75. The topological polar surface area (TPSA) is 50.4 Å². The highest BCUT2D eigenvalue weighted by Gasteiger charge is 2.27. The standard InChI is InChI=1S/C16H16N2O2/c1-2-17-16(19)18-15-11-7-3-5-9-13(11)20-14-10-6-4-8-12(14)15/h3-10,15H,2H2,1H3,(H2,17,18,19). The Balaban J connectivity index is 2.01. The summed E-state index contributed by atoms with van der Waals surface area (Å²) in [7, 11) is 0. The molecule has 0 unspecified atom stereocenters. The molecule has 1 heterocycles. The summed E-state index contributed by atoms with van der Waals surface area (Å²) < 4.78 is 5.88. The van der Waals surface area contributed by atoms with Gasteiger partial charge < -0.3 is 15.4 Å². The van der Waals surface area contributed by atoms with E-state index in [1.54, 1.807) is 0 Å². The average Bonchev–Trinajstić information content (AvgIpc) is 2.47. The van der Waals surface area contributed by atoms with Gasteiger partial charge in [0.15, 0.2) is 0 Å². The number of hydrogen-bond acceptors (Lipinski definition) is 2. The molecule has 0 aliphatic carbocycles. The lowest BCUT2D eigenvalue weighted by Crippen LogP contribution is -2.39. The molecular weight excluding hydrogens is 252 g/mol. The Kier molecular flexibility index (Phi) is 3.29. The molecular formula is C16H16N2O2. The molecule has 2 amide bonds. The lowest BCUT2D eigenvalue weighted by atomic mass is 9.95. The monoisotopic (exact) mass is 268 g/mol. The number of carbonyl (C=O) groups excluding carboxylic acids is 1. The normalized spacial score (nSPS) is 12.8. The summed E-state index contributed by atoms with van der Waals surface area (Å²) in [6.07, 6.45) is 0. The van der Waals surface area contributed by atoms with Gasteiger partial charge in [0, 0.05) is 17.7 Å². The zero-order chi connectivity index (χ0) is 13.9. The van der Waals surface area contributed by atoms with Crippen LogP contribution in [-0.4, -0.2) is 12.6 Å². The number of urea groups is 1. The van der Waals surface area contributed by atoms with Crippen molar-refractivity contribution in [2.75, 3.05) is 6.54 Å². The van der Waals surface area contributed by atoms with E-state index in [-0.39, 0.29) is 12.1 Å². The van der Waals surface area contributed by atoms with E-state index in [9.17, 15) is 4.79 Å². The van der Waals surface area contributed by atoms with Crippen molar-refractivity contribution in [3.8, 4) is 11.5 Å². The minimum absolute atomic E-state index is 0.177. The first kappa shape index (κ1) is 12.5. The fraction of sp³-hybridized carbons (Fsp3) is 0.188. The number of benzene rings is 2. The molecule has 4 nitrogen and oxygen atoms in total. The Morgan fingerprint density at radius 2 is 1.60 bits per heavy atom. The van der Waals surface area contributed by atoms with Crippen LogP contribution in [0.5, 0.6) is 11.5 Å². The molecule has 0 saturated carbocycles. The van der Waals surface area contributed by atoms with Gasteiger partial charge in [-0.05, 0) is 19.1 Å². The number of para-hydroxylation sites is 2. The molecule has 20 heavy (non-hydrogen) atoms. The number of nitrogens with one attached hydrogen (secondary N) is 2. The number of carbonyl (C=O) groups is 1. The molecule has 2 N–H and O–H groups in total. The van der Waals surface area contributed by atoms with Crippen LogP contribution in [0.25, 0.3) is 0 Å². The number of rotatable bonds is 2. The lowest BCUT2D eigenvalue weighted by molar-refractivity contribution is 0.238. The second-order valence-corrected chi connectivity index (χ2v) is 4.61. The van der Waals surface area contributed by atoms with Crippen LogP contribution in [0.1, 0.15) is 24.1 Å². The highest BCUT2D eigenvalue weighted by Crippen LogP contribution is 2.42. The molecule has 3 rings (SSSR count). The van der Waals surface area contributed by atoms with E-state index in [2.05, 4.69) is 10.6 Å². The van der Waals surface area contributed by atoms with E-state index < -0.39 is 0 Å². The Morgan fingerprint density at radius 3 is 2.15 bits per heavy atom. The van der Waals surface area contributed by atoms with Crippen LogP contribution in [0.3, 0.4) is 0 Å². The Bertz CT molecular complexity index is 594. The maximum atomic E-state index is 11.9. The second kappa shape index (κ2) is 5.25. The Morgan fingerprint density at radius 1 is 1.05 bits per heavy atom. The van der Waals surface area contributed by atoms with Gasteiger partial charge in [0.25, 0.3) is 0 Å². The molecule has 4 heteroatoms. The van der Waals surface area contributed by atoms with Crippen molar-refractivity contribution >= 4 is 6.03 Å². The molecule has 1 aliphatic rings. The van der Waals surface area contributed by atoms with Gasteiger partial charge in [-0.1, -0.05) is 36.4 Å². The number of hydrogen-bond donors (Lipinski definition) is 2. The molecule has 0 spiro atoms. The van der Waals surface area contributed by atoms with Crippen molar-refractivity contribution in [2.24, 2.45) is 0 Å². The molecule has 0 aromatic heterocycles. The van der Waals surface area contributed by atoms with Crippen molar-refractivity contribution in [2.45, 2.75) is 13.0 Å². The minimum atomic E-state index is -0.192. The first-order chi connectivity index (χ1) is 9.79. The van der Waals surface area contributed by atoms with Gasteiger partial charge in [-0.15, -0.1) is 0 Å². The molecule has 0 bridgehead atoms. The summed E-state index contributed by atoms with van der Waals surface area (Å²) in [6, 6.07) is 15.2. The molecule has 0 saturated heterocycles. The van der Waals surface area contributed by atoms with Gasteiger partial charge in [-0.2, -0.15) is 0 Å². The van der Waals surface area contributed by atoms with Crippen molar-refractivity contribution < 1.29 is 9.53 Å². The summed E-state index contributed by atoms with van der Waals surface area (Å²) in [5.41, 5.74) is 1.94. The van der Waals surface area contributed by atoms with Crippen molar-refractivity contribution in [1.29, 1.82) is 0 Å². The predicted octanol–water partition coefficient (Wildman–Crippen LogP) is 3.20. The van der Waals surface area contributed by atoms with Gasteiger partial charge >= 0.3 is 6.03 Å². The quantitative estimate of drug-likeness (QED) is 0.878. The van der Waals surface area contributed by atoms with Gasteiger partial charge in [0.2, 0.25) is 0 Å². The second-order valence-electron chi connectivity index (χ2n) is 4.61. The van der Waals surface area contributed by atoms with Gasteiger partial charge in [0.05, 0.1) is 6.04 Å². The van der Waals surface area contributed by atoms with E-state index in [1.807, 2.05) is 55.5 Å². The van der Waals surface area contributed by atoms with E-state index in [1.165, 1.54) is 0 Å². The summed E-state index contributed by atoms with van der Waals surface area (Å²) in [6.45, 7) is 2.49. The summed E-state index contributed by atoms with van der Waals surface area (Å²) in [4.78, 5) is 11.9. The number of amides is 2. The molecule has 102 valence electrons. The molecule has 0 radical (unpaired) electrons. The summed E-state index contributed by atoms with van der Waals surface area (Å²) >= 11 is 0. The van der Waals surface area contributed by atoms with E-state index in [0.29, 0.717) is 6.54 Å². The van der Waals surface area contributed by atoms with Crippen molar-refractivity contribution in [3.63, 3.8) is 0 Å². The molecule has 0 fully saturated rings. The largest absolute Gasteiger partial charge is 0.457 e. The fourth-order valence-corrected chi connectivity index (χ4v) is 2.41.